The van der Waals surface area contributed by atoms with Crippen LogP contribution in [0.2, 0.25) is 5.02 Å². The number of hydrogen-bond donors (Lipinski definition) is 1. The molecule has 7 heteroatoms. The second-order valence-electron chi connectivity index (χ2n) is 4.94. The van der Waals surface area contributed by atoms with Crippen LogP contribution in [-0.2, 0) is 9.53 Å². The van der Waals surface area contributed by atoms with Crippen molar-refractivity contribution >= 4 is 45.1 Å². The van der Waals surface area contributed by atoms with Gasteiger partial charge in [-0.15, -0.1) is 0 Å². The molecule has 0 aliphatic heterocycles. The average molecular weight is 413 g/mol. The maximum absolute atomic E-state index is 12.0. The van der Waals surface area contributed by atoms with Crippen molar-refractivity contribution in [1.29, 1.82) is 0 Å². The Kier molecular flexibility index (Phi) is 6.23. The smallest absolute Gasteiger partial charge is 0.337 e. The molecule has 2 aromatic rings. The van der Waals surface area contributed by atoms with Gasteiger partial charge >= 0.3 is 5.97 Å². The van der Waals surface area contributed by atoms with Crippen molar-refractivity contribution in [2.45, 2.75) is 6.92 Å². The molecule has 24 heavy (non-hydrogen) atoms. The van der Waals surface area contributed by atoms with Crippen LogP contribution in [-0.4, -0.2) is 25.6 Å². The SMILES string of the molecule is COC(=O)c1ccc(NC(=O)COc2c(C)cc(Br)cc2Cl)cc1. The molecule has 0 aliphatic carbocycles. The number of benzene rings is 2. The van der Waals surface area contributed by atoms with Gasteiger partial charge in [-0.1, -0.05) is 27.5 Å². The monoisotopic (exact) mass is 411 g/mol. The number of rotatable bonds is 5. The lowest BCUT2D eigenvalue weighted by Crippen LogP contribution is -2.20. The number of ether oxygens (including phenoxy) is 2. The molecule has 1 amide bonds. The Hall–Kier alpha value is -2.05. The standard InChI is InChI=1S/C17H15BrClNO4/c1-10-7-12(18)8-14(19)16(10)24-9-15(21)20-13-5-3-11(4-6-13)17(22)23-2/h3-8H,9H2,1-2H3,(H,20,21). The Bertz CT molecular complexity index is 739. The van der Waals surface area contributed by atoms with Gasteiger partial charge in [0, 0.05) is 10.2 Å². The first-order chi connectivity index (χ1) is 11.4. The summed E-state index contributed by atoms with van der Waals surface area (Å²) in [5.74, 6) is -0.299. The molecular formula is C17H15BrClNO4. The van der Waals surface area contributed by atoms with E-state index in [0.29, 0.717) is 22.0 Å². The van der Waals surface area contributed by atoms with E-state index in [0.717, 1.165) is 10.0 Å². The molecule has 5 nitrogen and oxygen atoms in total. The average Bonchev–Trinajstić information content (AvgIpc) is 2.53. The van der Waals surface area contributed by atoms with Gasteiger partial charge in [-0.3, -0.25) is 4.79 Å². The Morgan fingerprint density at radius 3 is 2.46 bits per heavy atom. The van der Waals surface area contributed by atoms with Crippen molar-refractivity contribution in [2.24, 2.45) is 0 Å². The van der Waals surface area contributed by atoms with E-state index in [4.69, 9.17) is 16.3 Å². The fraction of sp³-hybridized carbons (Fsp3) is 0.176. The lowest BCUT2D eigenvalue weighted by Gasteiger charge is -2.12. The Morgan fingerprint density at radius 1 is 1.21 bits per heavy atom. The molecule has 0 saturated heterocycles. The molecule has 2 rings (SSSR count). The lowest BCUT2D eigenvalue weighted by atomic mass is 10.2. The molecule has 0 aliphatic rings. The number of carbonyl (C=O) groups is 2. The Morgan fingerprint density at radius 2 is 1.88 bits per heavy atom. The van der Waals surface area contributed by atoms with Gasteiger partial charge in [-0.25, -0.2) is 4.79 Å². The highest BCUT2D eigenvalue weighted by atomic mass is 79.9. The number of methoxy groups -OCH3 is 1. The van der Waals surface area contributed by atoms with Gasteiger partial charge in [0.1, 0.15) is 5.75 Å². The zero-order valence-electron chi connectivity index (χ0n) is 13.1. The van der Waals surface area contributed by atoms with Gasteiger partial charge < -0.3 is 14.8 Å². The third kappa shape index (κ3) is 4.72. The largest absolute Gasteiger partial charge is 0.482 e. The summed E-state index contributed by atoms with van der Waals surface area (Å²) in [4.78, 5) is 23.3. The van der Waals surface area contributed by atoms with Gasteiger partial charge in [0.15, 0.2) is 6.61 Å². The first kappa shape index (κ1) is 18.3. The topological polar surface area (TPSA) is 64.6 Å². The van der Waals surface area contributed by atoms with Crippen LogP contribution in [0.15, 0.2) is 40.9 Å². The van der Waals surface area contributed by atoms with Crippen LogP contribution in [0.4, 0.5) is 5.69 Å². The summed E-state index contributed by atoms with van der Waals surface area (Å²) in [5.41, 5.74) is 1.78. The van der Waals surface area contributed by atoms with Crippen LogP contribution in [0.25, 0.3) is 0 Å². The van der Waals surface area contributed by atoms with Crippen LogP contribution in [0.1, 0.15) is 15.9 Å². The summed E-state index contributed by atoms with van der Waals surface area (Å²) in [5, 5.41) is 3.11. The molecule has 0 fully saturated rings. The van der Waals surface area contributed by atoms with Crippen LogP contribution in [0, 0.1) is 6.92 Å². The van der Waals surface area contributed by atoms with Crippen LogP contribution < -0.4 is 10.1 Å². The quantitative estimate of drug-likeness (QED) is 0.747. The summed E-state index contributed by atoms with van der Waals surface area (Å²) in [7, 11) is 1.31. The molecular weight excluding hydrogens is 398 g/mol. The van der Waals surface area contributed by atoms with Crippen molar-refractivity contribution in [3.63, 3.8) is 0 Å². The van der Waals surface area contributed by atoms with Crippen molar-refractivity contribution in [1.82, 2.24) is 0 Å². The number of amides is 1. The number of hydrogen-bond acceptors (Lipinski definition) is 4. The lowest BCUT2D eigenvalue weighted by molar-refractivity contribution is -0.118. The van der Waals surface area contributed by atoms with Gasteiger partial charge in [0.2, 0.25) is 0 Å². The maximum Gasteiger partial charge on any atom is 0.337 e. The molecule has 0 spiro atoms. The van der Waals surface area contributed by atoms with Gasteiger partial charge in [-0.05, 0) is 48.9 Å². The molecule has 0 radical (unpaired) electrons. The van der Waals surface area contributed by atoms with Gasteiger partial charge in [-0.2, -0.15) is 0 Å². The van der Waals surface area contributed by atoms with E-state index in [9.17, 15) is 9.59 Å². The molecule has 0 unspecified atom stereocenters. The van der Waals surface area contributed by atoms with E-state index in [1.54, 1.807) is 30.3 Å². The number of halogens is 2. The molecule has 0 heterocycles. The van der Waals surface area contributed by atoms with E-state index in [2.05, 4.69) is 26.0 Å². The third-order valence-electron chi connectivity index (χ3n) is 3.13. The molecule has 0 saturated carbocycles. The number of carbonyl (C=O) groups excluding carboxylic acids is 2. The van der Waals surface area contributed by atoms with Crippen molar-refractivity contribution in [3.05, 3.63) is 57.0 Å². The minimum absolute atomic E-state index is 0.180. The number of aryl methyl sites for hydroxylation is 1. The highest BCUT2D eigenvalue weighted by molar-refractivity contribution is 9.10. The van der Waals surface area contributed by atoms with Gasteiger partial charge in [0.25, 0.3) is 5.91 Å². The first-order valence-corrected chi connectivity index (χ1v) is 8.14. The highest BCUT2D eigenvalue weighted by Gasteiger charge is 2.11. The van der Waals surface area contributed by atoms with Crippen molar-refractivity contribution in [3.8, 4) is 5.75 Å². The zero-order chi connectivity index (χ0) is 17.7. The van der Waals surface area contributed by atoms with E-state index in [1.807, 2.05) is 13.0 Å². The summed E-state index contributed by atoms with van der Waals surface area (Å²) < 4.78 is 11.0. The normalized spacial score (nSPS) is 10.2. The van der Waals surface area contributed by atoms with Crippen LogP contribution in [0.3, 0.4) is 0 Å². The van der Waals surface area contributed by atoms with Crippen molar-refractivity contribution in [2.75, 3.05) is 19.0 Å². The predicted octanol–water partition coefficient (Wildman–Crippen LogP) is 4.22. The third-order valence-corrected chi connectivity index (χ3v) is 3.87. The van der Waals surface area contributed by atoms with E-state index in [1.165, 1.54) is 7.11 Å². The highest BCUT2D eigenvalue weighted by Crippen LogP contribution is 2.31. The molecule has 0 aromatic heterocycles. The number of esters is 1. The molecule has 126 valence electrons. The minimum atomic E-state index is -0.434. The molecule has 2 aromatic carbocycles. The summed E-state index contributed by atoms with van der Waals surface area (Å²) in [6.45, 7) is 1.66. The molecule has 0 bridgehead atoms. The van der Waals surface area contributed by atoms with E-state index >= 15 is 0 Å². The minimum Gasteiger partial charge on any atom is -0.482 e. The van der Waals surface area contributed by atoms with E-state index < -0.39 is 5.97 Å². The van der Waals surface area contributed by atoms with E-state index in [-0.39, 0.29) is 12.5 Å². The molecule has 1 N–H and O–H groups in total. The zero-order valence-corrected chi connectivity index (χ0v) is 15.4. The second-order valence-corrected chi connectivity index (χ2v) is 6.26. The second kappa shape index (κ2) is 8.17. The Labute approximate surface area is 153 Å². The first-order valence-electron chi connectivity index (χ1n) is 6.97. The summed E-state index contributed by atoms with van der Waals surface area (Å²) in [6.07, 6.45) is 0. The Balaban J connectivity index is 1.95. The van der Waals surface area contributed by atoms with Crippen molar-refractivity contribution < 1.29 is 19.1 Å². The van der Waals surface area contributed by atoms with Gasteiger partial charge in [0.05, 0.1) is 17.7 Å². The number of nitrogens with one attached hydrogen (secondary N) is 1. The number of anilines is 1. The predicted molar refractivity (Wildman–Crippen MR) is 95.8 cm³/mol. The fourth-order valence-corrected chi connectivity index (χ4v) is 3.04. The van der Waals surface area contributed by atoms with Crippen LogP contribution >= 0.6 is 27.5 Å². The molecule has 0 atom stereocenters. The summed E-state index contributed by atoms with van der Waals surface area (Å²) in [6, 6.07) is 9.91. The van der Waals surface area contributed by atoms with Crippen LogP contribution in [0.5, 0.6) is 5.75 Å². The fourth-order valence-electron chi connectivity index (χ4n) is 2.01. The summed E-state index contributed by atoms with van der Waals surface area (Å²) >= 11 is 9.45. The maximum atomic E-state index is 12.0.